The Hall–Kier alpha value is -1.81. The predicted molar refractivity (Wildman–Crippen MR) is 57.0 cm³/mol. The van der Waals surface area contributed by atoms with E-state index in [9.17, 15) is 9.90 Å². The molecule has 1 aromatic heterocycles. The van der Waals surface area contributed by atoms with Gasteiger partial charge in [-0.1, -0.05) is 18.2 Å². The molecule has 2 N–H and O–H groups in total. The number of benzene rings is 1. The van der Waals surface area contributed by atoms with E-state index in [1.165, 1.54) is 6.07 Å². The molecule has 0 saturated heterocycles. The van der Waals surface area contributed by atoms with Gasteiger partial charge in [-0.2, -0.15) is 0 Å². The number of hydrogen-bond donors (Lipinski definition) is 2. The third kappa shape index (κ3) is 1.59. The Labute approximate surface area is 86.0 Å². The zero-order chi connectivity index (χ0) is 10.8. The second-order valence-electron chi connectivity index (χ2n) is 3.27. The summed E-state index contributed by atoms with van der Waals surface area (Å²) in [7, 11) is 0. The first-order chi connectivity index (χ1) is 7.24. The molecule has 2 aromatic rings. The van der Waals surface area contributed by atoms with Crippen LogP contribution in [0.3, 0.4) is 0 Å². The number of hydrogen-bond acceptors (Lipinski definition) is 3. The first-order valence-corrected chi connectivity index (χ1v) is 4.66. The lowest BCUT2D eigenvalue weighted by Crippen LogP contribution is -2.20. The third-order valence-electron chi connectivity index (χ3n) is 2.33. The molecule has 0 aliphatic rings. The Morgan fingerprint density at radius 2 is 2.00 bits per heavy atom. The van der Waals surface area contributed by atoms with Crippen molar-refractivity contribution in [3.8, 4) is 5.88 Å². The van der Waals surface area contributed by atoms with Gasteiger partial charge >= 0.3 is 0 Å². The van der Waals surface area contributed by atoms with Gasteiger partial charge in [0, 0.05) is 11.5 Å². The maximum atomic E-state index is 11.5. The zero-order valence-corrected chi connectivity index (χ0v) is 8.05. The largest absolute Gasteiger partial charge is 0.494 e. The Bertz CT molecular complexity index is 545. The molecule has 0 unspecified atom stereocenters. The number of aliphatic hydroxyl groups is 1. The molecule has 0 bridgehead atoms. The van der Waals surface area contributed by atoms with Crippen LogP contribution in [0.25, 0.3) is 10.8 Å². The van der Waals surface area contributed by atoms with Crippen LogP contribution in [0.4, 0.5) is 0 Å². The summed E-state index contributed by atoms with van der Waals surface area (Å²) >= 11 is 0. The minimum atomic E-state index is -0.305. The minimum Gasteiger partial charge on any atom is -0.494 e. The van der Waals surface area contributed by atoms with Crippen LogP contribution in [-0.2, 0) is 6.54 Å². The molecule has 0 spiro atoms. The normalized spacial score (nSPS) is 10.7. The predicted octanol–water partition coefficient (Wildman–Crippen LogP) is 0.699. The van der Waals surface area contributed by atoms with Gasteiger partial charge in [-0.15, -0.1) is 0 Å². The van der Waals surface area contributed by atoms with E-state index in [0.717, 1.165) is 4.57 Å². The van der Waals surface area contributed by atoms with E-state index < -0.39 is 0 Å². The first-order valence-electron chi connectivity index (χ1n) is 4.66. The van der Waals surface area contributed by atoms with Crippen molar-refractivity contribution < 1.29 is 10.2 Å². The van der Waals surface area contributed by atoms with Gasteiger partial charge in [0.2, 0.25) is 5.88 Å². The Morgan fingerprint density at radius 3 is 2.73 bits per heavy atom. The fraction of sp³-hybridized carbons (Fsp3) is 0.182. The molecule has 0 fully saturated rings. The average molecular weight is 205 g/mol. The smallest absolute Gasteiger partial charge is 0.254 e. The van der Waals surface area contributed by atoms with Gasteiger partial charge in [-0.05, 0) is 11.5 Å². The number of rotatable bonds is 2. The van der Waals surface area contributed by atoms with Gasteiger partial charge in [-0.25, -0.2) is 0 Å². The molecule has 0 saturated carbocycles. The van der Waals surface area contributed by atoms with E-state index >= 15 is 0 Å². The van der Waals surface area contributed by atoms with Crippen molar-refractivity contribution in [3.63, 3.8) is 0 Å². The molecule has 1 heterocycles. The fourth-order valence-corrected chi connectivity index (χ4v) is 1.60. The minimum absolute atomic E-state index is 0.0906. The zero-order valence-electron chi connectivity index (χ0n) is 8.05. The maximum Gasteiger partial charge on any atom is 0.254 e. The van der Waals surface area contributed by atoms with E-state index in [2.05, 4.69) is 0 Å². The highest BCUT2D eigenvalue weighted by Crippen LogP contribution is 2.21. The number of aromatic hydroxyl groups is 1. The van der Waals surface area contributed by atoms with Crippen molar-refractivity contribution in [2.45, 2.75) is 6.54 Å². The topological polar surface area (TPSA) is 62.5 Å². The van der Waals surface area contributed by atoms with Crippen LogP contribution in [0.2, 0.25) is 0 Å². The number of nitrogens with zero attached hydrogens (tertiary/aromatic N) is 1. The van der Waals surface area contributed by atoms with Gasteiger partial charge in [0.25, 0.3) is 5.56 Å². The summed E-state index contributed by atoms with van der Waals surface area (Å²) in [5.74, 6) is -0.0906. The standard InChI is InChI=1S/C11H11NO3/c13-6-5-12-10(14)7-8-3-1-2-4-9(8)11(12)15/h1-4,7,13,15H,5-6H2. The van der Waals surface area contributed by atoms with Crippen molar-refractivity contribution in [2.75, 3.05) is 6.61 Å². The summed E-state index contributed by atoms with van der Waals surface area (Å²) < 4.78 is 1.16. The summed E-state index contributed by atoms with van der Waals surface area (Å²) in [6.45, 7) is -0.0681. The molecular weight excluding hydrogens is 194 g/mol. The fourth-order valence-electron chi connectivity index (χ4n) is 1.60. The summed E-state index contributed by atoms with van der Waals surface area (Å²) in [6, 6.07) is 8.54. The lowest BCUT2D eigenvalue weighted by atomic mass is 10.1. The summed E-state index contributed by atoms with van der Waals surface area (Å²) in [5.41, 5.74) is -0.305. The van der Waals surface area contributed by atoms with Crippen molar-refractivity contribution in [3.05, 3.63) is 40.7 Å². The molecule has 2 rings (SSSR count). The lowest BCUT2D eigenvalue weighted by molar-refractivity contribution is 0.265. The molecule has 0 aliphatic carbocycles. The van der Waals surface area contributed by atoms with E-state index in [1.54, 1.807) is 24.3 Å². The SMILES string of the molecule is O=c1cc2ccccc2c(O)n1CCO. The summed E-state index contributed by atoms with van der Waals surface area (Å²) in [4.78, 5) is 11.5. The highest BCUT2D eigenvalue weighted by atomic mass is 16.3. The molecular formula is C11H11NO3. The quantitative estimate of drug-likeness (QED) is 0.758. The molecule has 4 nitrogen and oxygen atoms in total. The molecule has 1 aromatic carbocycles. The van der Waals surface area contributed by atoms with Crippen molar-refractivity contribution in [1.29, 1.82) is 0 Å². The maximum absolute atomic E-state index is 11.5. The average Bonchev–Trinajstić information content (AvgIpc) is 2.24. The van der Waals surface area contributed by atoms with Gasteiger partial charge in [0.05, 0.1) is 13.2 Å². The van der Waals surface area contributed by atoms with Crippen LogP contribution in [0.5, 0.6) is 5.88 Å². The second-order valence-corrected chi connectivity index (χ2v) is 3.27. The number of aromatic nitrogens is 1. The molecule has 0 amide bonds. The van der Waals surface area contributed by atoms with Crippen LogP contribution in [0.15, 0.2) is 35.1 Å². The van der Waals surface area contributed by atoms with E-state index in [0.29, 0.717) is 10.8 Å². The van der Waals surface area contributed by atoms with Crippen LogP contribution in [-0.4, -0.2) is 21.4 Å². The number of pyridine rings is 1. The van der Waals surface area contributed by atoms with Gasteiger partial charge in [-0.3, -0.25) is 9.36 Å². The van der Waals surface area contributed by atoms with Crippen LogP contribution < -0.4 is 5.56 Å². The van der Waals surface area contributed by atoms with Crippen molar-refractivity contribution in [1.82, 2.24) is 4.57 Å². The van der Waals surface area contributed by atoms with Crippen molar-refractivity contribution >= 4 is 10.8 Å². The van der Waals surface area contributed by atoms with Crippen LogP contribution >= 0.6 is 0 Å². The van der Waals surface area contributed by atoms with Crippen LogP contribution in [0, 0.1) is 0 Å². The molecule has 4 heteroatoms. The highest BCUT2D eigenvalue weighted by Gasteiger charge is 2.07. The van der Waals surface area contributed by atoms with E-state index in [-0.39, 0.29) is 24.6 Å². The summed E-state index contributed by atoms with van der Waals surface area (Å²) in [5, 5.41) is 19.9. The van der Waals surface area contributed by atoms with Gasteiger partial charge in [0.15, 0.2) is 0 Å². The molecule has 0 radical (unpaired) electrons. The monoisotopic (exact) mass is 205 g/mol. The molecule has 78 valence electrons. The summed E-state index contributed by atoms with van der Waals surface area (Å²) in [6.07, 6.45) is 0. The van der Waals surface area contributed by atoms with E-state index in [4.69, 9.17) is 5.11 Å². The molecule has 15 heavy (non-hydrogen) atoms. The first kappa shape index (κ1) is 9.73. The Morgan fingerprint density at radius 1 is 1.27 bits per heavy atom. The van der Waals surface area contributed by atoms with Crippen LogP contribution in [0.1, 0.15) is 0 Å². The van der Waals surface area contributed by atoms with E-state index in [1.807, 2.05) is 0 Å². The van der Waals surface area contributed by atoms with Gasteiger partial charge < -0.3 is 10.2 Å². The molecule has 0 atom stereocenters. The van der Waals surface area contributed by atoms with Crippen molar-refractivity contribution in [2.24, 2.45) is 0 Å². The number of fused-ring (bicyclic) bond motifs is 1. The second kappa shape index (κ2) is 3.74. The third-order valence-corrected chi connectivity index (χ3v) is 2.33. The Balaban J connectivity index is 2.78. The number of aliphatic hydroxyl groups excluding tert-OH is 1. The van der Waals surface area contributed by atoms with Gasteiger partial charge in [0.1, 0.15) is 0 Å². The highest BCUT2D eigenvalue weighted by molar-refractivity contribution is 5.86. The molecule has 0 aliphatic heterocycles. The lowest BCUT2D eigenvalue weighted by Gasteiger charge is -2.08. The Kier molecular flexibility index (Phi) is 2.43.